The average Bonchev–Trinajstić information content (AvgIpc) is 3.37. The number of fused-ring (bicyclic) bond motifs is 1. The molecule has 0 bridgehead atoms. The van der Waals surface area contributed by atoms with Crippen molar-refractivity contribution in [3.63, 3.8) is 0 Å². The van der Waals surface area contributed by atoms with Crippen LogP contribution in [0.4, 0.5) is 0 Å². The Morgan fingerprint density at radius 2 is 1.75 bits per heavy atom. The molecule has 0 amide bonds. The first-order valence-corrected chi connectivity index (χ1v) is 11.6. The molecule has 0 fully saturated rings. The lowest BCUT2D eigenvalue weighted by atomic mass is 9.97. The molecule has 2 N–H and O–H groups in total. The Labute approximate surface area is 209 Å². The summed E-state index contributed by atoms with van der Waals surface area (Å²) >= 11 is 0. The van der Waals surface area contributed by atoms with Gasteiger partial charge in [-0.2, -0.15) is 5.26 Å². The van der Waals surface area contributed by atoms with Crippen LogP contribution in [0.2, 0.25) is 0 Å². The van der Waals surface area contributed by atoms with E-state index in [4.69, 9.17) is 29.3 Å². The van der Waals surface area contributed by atoms with Crippen molar-refractivity contribution in [2.24, 2.45) is 5.16 Å². The van der Waals surface area contributed by atoms with Gasteiger partial charge in [0.15, 0.2) is 6.29 Å². The van der Waals surface area contributed by atoms with Crippen LogP contribution < -0.4 is 14.2 Å². The van der Waals surface area contributed by atoms with E-state index in [1.165, 1.54) is 7.11 Å². The molecular formula is C28H28N2O6. The summed E-state index contributed by atoms with van der Waals surface area (Å²) in [6, 6.07) is 22.7. The standard InChI is InChI=1S/C28H28N2O6/c1-33-30-26(21-6-11-27-22(14-21)12-13-34-27)18-36-24-7-2-19(3-8-24)17-35-25-9-4-20(5-10-25)23(16-29)15-28(31)32/h2-11,14,23,28,31-32H,12-13,15,17-18H2,1H3/b30-26+. The van der Waals surface area contributed by atoms with Crippen molar-refractivity contribution in [2.75, 3.05) is 20.3 Å². The third-order valence-corrected chi connectivity index (χ3v) is 5.81. The second-order valence-corrected chi connectivity index (χ2v) is 8.33. The Balaban J connectivity index is 1.30. The minimum Gasteiger partial charge on any atom is -0.493 e. The third kappa shape index (κ3) is 6.54. The Bertz CT molecular complexity index is 1220. The van der Waals surface area contributed by atoms with Crippen LogP contribution in [-0.4, -0.2) is 42.5 Å². The number of ether oxygens (including phenoxy) is 3. The molecule has 36 heavy (non-hydrogen) atoms. The van der Waals surface area contributed by atoms with Gasteiger partial charge in [0.2, 0.25) is 0 Å². The molecule has 0 saturated carbocycles. The van der Waals surface area contributed by atoms with Gasteiger partial charge < -0.3 is 29.3 Å². The molecule has 8 heteroatoms. The molecule has 1 atom stereocenters. The maximum atomic E-state index is 9.23. The van der Waals surface area contributed by atoms with Gasteiger partial charge in [-0.15, -0.1) is 0 Å². The first kappa shape index (κ1) is 25.0. The first-order chi connectivity index (χ1) is 17.6. The minimum absolute atomic E-state index is 0.0355. The van der Waals surface area contributed by atoms with E-state index in [0.29, 0.717) is 36.0 Å². The normalized spacial score (nSPS) is 13.5. The summed E-state index contributed by atoms with van der Waals surface area (Å²) in [5.74, 6) is 1.68. The number of rotatable bonds is 11. The van der Waals surface area contributed by atoms with Gasteiger partial charge in [-0.25, -0.2) is 0 Å². The SMILES string of the molecule is CO/N=C(\COc1ccc(COc2ccc(C(C#N)CC(O)O)cc2)cc1)c1ccc2c(c1)CCO2. The molecule has 1 aliphatic rings. The molecule has 4 rings (SSSR count). The summed E-state index contributed by atoms with van der Waals surface area (Å²) < 4.78 is 17.4. The molecule has 0 spiro atoms. The zero-order chi connectivity index (χ0) is 25.3. The molecular weight excluding hydrogens is 460 g/mol. The fourth-order valence-electron chi connectivity index (χ4n) is 3.91. The highest BCUT2D eigenvalue weighted by molar-refractivity contribution is 6.01. The second kappa shape index (κ2) is 12.1. The topological polar surface area (TPSA) is 114 Å². The number of hydrogen-bond donors (Lipinski definition) is 2. The van der Waals surface area contributed by atoms with E-state index in [2.05, 4.69) is 17.3 Å². The summed E-state index contributed by atoms with van der Waals surface area (Å²) in [6.07, 6.45) is -0.677. The lowest BCUT2D eigenvalue weighted by molar-refractivity contribution is -0.0469. The fourth-order valence-corrected chi connectivity index (χ4v) is 3.91. The van der Waals surface area contributed by atoms with E-state index < -0.39 is 12.2 Å². The number of hydrogen-bond acceptors (Lipinski definition) is 8. The van der Waals surface area contributed by atoms with Gasteiger partial charge >= 0.3 is 0 Å². The molecule has 3 aromatic carbocycles. The molecule has 0 aromatic heterocycles. The van der Waals surface area contributed by atoms with Gasteiger partial charge in [0, 0.05) is 18.4 Å². The van der Waals surface area contributed by atoms with Gasteiger partial charge in [0.1, 0.15) is 43.3 Å². The van der Waals surface area contributed by atoms with Gasteiger partial charge in [-0.1, -0.05) is 29.4 Å². The van der Waals surface area contributed by atoms with E-state index in [1.54, 1.807) is 24.3 Å². The zero-order valence-electron chi connectivity index (χ0n) is 20.0. The molecule has 8 nitrogen and oxygen atoms in total. The van der Waals surface area contributed by atoms with E-state index >= 15 is 0 Å². The summed E-state index contributed by atoms with van der Waals surface area (Å²) in [5, 5.41) is 31.6. The predicted molar refractivity (Wildman–Crippen MR) is 133 cm³/mol. The second-order valence-electron chi connectivity index (χ2n) is 8.33. The number of benzene rings is 3. The Hall–Kier alpha value is -4.06. The highest BCUT2D eigenvalue weighted by atomic mass is 16.6. The maximum absolute atomic E-state index is 9.23. The molecule has 0 saturated heterocycles. The fraction of sp³-hybridized carbons (Fsp3) is 0.286. The lowest BCUT2D eigenvalue weighted by Gasteiger charge is -2.12. The molecule has 1 aliphatic heterocycles. The van der Waals surface area contributed by atoms with Gasteiger partial charge in [0.05, 0.1) is 18.6 Å². The van der Waals surface area contributed by atoms with Crippen LogP contribution in [0.5, 0.6) is 17.2 Å². The van der Waals surface area contributed by atoms with Crippen molar-refractivity contribution < 1.29 is 29.3 Å². The minimum atomic E-state index is -1.52. The highest BCUT2D eigenvalue weighted by Gasteiger charge is 2.16. The van der Waals surface area contributed by atoms with E-state index in [1.807, 2.05) is 36.4 Å². The summed E-state index contributed by atoms with van der Waals surface area (Å²) in [5.41, 5.74) is 4.46. The first-order valence-electron chi connectivity index (χ1n) is 11.6. The van der Waals surface area contributed by atoms with E-state index in [0.717, 1.165) is 28.9 Å². The molecule has 3 aromatic rings. The lowest BCUT2D eigenvalue weighted by Crippen LogP contribution is -2.14. The molecule has 0 aliphatic carbocycles. The quantitative estimate of drug-likeness (QED) is 0.239. The van der Waals surface area contributed by atoms with Crippen molar-refractivity contribution >= 4 is 5.71 Å². The van der Waals surface area contributed by atoms with Crippen molar-refractivity contribution in [1.29, 1.82) is 5.26 Å². The van der Waals surface area contributed by atoms with Crippen molar-refractivity contribution in [3.05, 3.63) is 89.0 Å². The van der Waals surface area contributed by atoms with Crippen LogP contribution in [0, 0.1) is 11.3 Å². The summed E-state index contributed by atoms with van der Waals surface area (Å²) in [6.45, 7) is 1.32. The van der Waals surface area contributed by atoms with E-state index in [9.17, 15) is 5.26 Å². The number of aliphatic hydroxyl groups is 2. The average molecular weight is 489 g/mol. The van der Waals surface area contributed by atoms with Crippen LogP contribution in [0.1, 0.15) is 34.6 Å². The van der Waals surface area contributed by atoms with Gasteiger partial charge in [0.25, 0.3) is 0 Å². The third-order valence-electron chi connectivity index (χ3n) is 5.81. The number of oxime groups is 1. The highest BCUT2D eigenvalue weighted by Crippen LogP contribution is 2.27. The van der Waals surface area contributed by atoms with Gasteiger partial charge in [-0.3, -0.25) is 0 Å². The summed E-state index contributed by atoms with van der Waals surface area (Å²) in [7, 11) is 1.51. The van der Waals surface area contributed by atoms with Crippen LogP contribution >= 0.6 is 0 Å². The number of aliphatic hydroxyl groups excluding tert-OH is 1. The zero-order valence-corrected chi connectivity index (χ0v) is 20.0. The van der Waals surface area contributed by atoms with E-state index in [-0.39, 0.29) is 13.0 Å². The Kier molecular flexibility index (Phi) is 8.40. The maximum Gasteiger partial charge on any atom is 0.153 e. The van der Waals surface area contributed by atoms with Gasteiger partial charge in [-0.05, 0) is 59.2 Å². The van der Waals surface area contributed by atoms with Crippen molar-refractivity contribution in [2.45, 2.75) is 31.7 Å². The van der Waals surface area contributed by atoms with Crippen LogP contribution in [0.15, 0.2) is 71.9 Å². The van der Waals surface area contributed by atoms with Crippen LogP contribution in [-0.2, 0) is 17.9 Å². The molecule has 186 valence electrons. The smallest absolute Gasteiger partial charge is 0.153 e. The number of nitriles is 1. The summed E-state index contributed by atoms with van der Waals surface area (Å²) in [4.78, 5) is 5.02. The van der Waals surface area contributed by atoms with Crippen molar-refractivity contribution in [3.8, 4) is 23.3 Å². The predicted octanol–water partition coefficient (Wildman–Crippen LogP) is 3.94. The number of nitrogens with zero attached hydrogens (tertiary/aromatic N) is 2. The monoisotopic (exact) mass is 488 g/mol. The van der Waals surface area contributed by atoms with Crippen molar-refractivity contribution in [1.82, 2.24) is 0 Å². The molecule has 1 heterocycles. The molecule has 0 radical (unpaired) electrons. The van der Waals surface area contributed by atoms with Crippen LogP contribution in [0.3, 0.4) is 0 Å². The van der Waals surface area contributed by atoms with Crippen LogP contribution in [0.25, 0.3) is 0 Å². The Morgan fingerprint density at radius 3 is 2.44 bits per heavy atom. The Morgan fingerprint density at radius 1 is 1.03 bits per heavy atom. The largest absolute Gasteiger partial charge is 0.493 e. The molecule has 1 unspecified atom stereocenters.